The van der Waals surface area contributed by atoms with Gasteiger partial charge in [0, 0.05) is 32.4 Å². The molecule has 7 nitrogen and oxygen atoms in total. The zero-order valence-electron chi connectivity index (χ0n) is 15.7. The number of benzene rings is 2. The van der Waals surface area contributed by atoms with E-state index in [0.717, 1.165) is 28.5 Å². The van der Waals surface area contributed by atoms with Crippen LogP contribution in [0.15, 0.2) is 54.9 Å². The van der Waals surface area contributed by atoms with E-state index in [-0.39, 0.29) is 18.6 Å². The van der Waals surface area contributed by atoms with E-state index < -0.39 is 0 Å². The van der Waals surface area contributed by atoms with E-state index in [0.29, 0.717) is 19.4 Å². The molecule has 0 radical (unpaired) electrons. The highest BCUT2D eigenvalue weighted by Gasteiger charge is 2.21. The molecule has 1 aromatic heterocycles. The summed E-state index contributed by atoms with van der Waals surface area (Å²) in [5, 5.41) is 10.9. The first kappa shape index (κ1) is 18.0. The van der Waals surface area contributed by atoms with Crippen LogP contribution in [-0.4, -0.2) is 34.0 Å². The Kier molecular flexibility index (Phi) is 5.23. The number of nitrogens with zero attached hydrogens (tertiary/aromatic N) is 3. The molecule has 1 unspecified atom stereocenters. The molecule has 1 aliphatic heterocycles. The van der Waals surface area contributed by atoms with Gasteiger partial charge in [-0.25, -0.2) is 0 Å². The lowest BCUT2D eigenvalue weighted by Gasteiger charge is -2.18. The fourth-order valence-corrected chi connectivity index (χ4v) is 3.35. The predicted octanol–water partition coefficient (Wildman–Crippen LogP) is 2.42. The number of hydrogen-bond acceptors (Lipinski definition) is 5. The van der Waals surface area contributed by atoms with Crippen molar-refractivity contribution in [3.63, 3.8) is 0 Å². The maximum atomic E-state index is 12.6. The third kappa shape index (κ3) is 3.98. The van der Waals surface area contributed by atoms with Gasteiger partial charge in [0.05, 0.1) is 0 Å². The first-order valence-electron chi connectivity index (χ1n) is 9.25. The summed E-state index contributed by atoms with van der Waals surface area (Å²) in [6.07, 6.45) is 2.65. The summed E-state index contributed by atoms with van der Waals surface area (Å²) >= 11 is 0. The molecule has 0 fully saturated rings. The van der Waals surface area contributed by atoms with Gasteiger partial charge < -0.3 is 19.4 Å². The topological polar surface area (TPSA) is 78.3 Å². The zero-order chi connectivity index (χ0) is 19.3. The molecule has 144 valence electrons. The van der Waals surface area contributed by atoms with Crippen LogP contribution in [0.5, 0.6) is 11.5 Å². The van der Waals surface area contributed by atoms with Crippen LogP contribution in [-0.2, 0) is 18.3 Å². The predicted molar refractivity (Wildman–Crippen MR) is 103 cm³/mol. The van der Waals surface area contributed by atoms with Gasteiger partial charge in [0.25, 0.3) is 0 Å². The summed E-state index contributed by atoms with van der Waals surface area (Å²) in [5.74, 6) is 2.24. The maximum Gasteiger partial charge on any atom is 0.231 e. The van der Waals surface area contributed by atoms with Gasteiger partial charge in [0.1, 0.15) is 12.2 Å². The van der Waals surface area contributed by atoms with E-state index in [1.807, 2.05) is 60.1 Å². The van der Waals surface area contributed by atoms with Gasteiger partial charge in [-0.15, -0.1) is 10.2 Å². The standard InChI is InChI=1S/C21H22N4O3/c1-25-13-23-24-20(25)9-10-22-21(26)12-17(15-5-3-2-4-6-15)16-7-8-18-19(11-16)28-14-27-18/h2-8,11,13,17H,9-10,12,14H2,1H3,(H,22,26). The fraction of sp³-hybridized carbons (Fsp3) is 0.286. The van der Waals surface area contributed by atoms with Crippen molar-refractivity contribution in [2.45, 2.75) is 18.8 Å². The monoisotopic (exact) mass is 378 g/mol. The van der Waals surface area contributed by atoms with Crippen LogP contribution in [0.4, 0.5) is 0 Å². The van der Waals surface area contributed by atoms with E-state index in [9.17, 15) is 4.79 Å². The van der Waals surface area contributed by atoms with Crippen molar-refractivity contribution in [3.8, 4) is 11.5 Å². The van der Waals surface area contributed by atoms with E-state index >= 15 is 0 Å². The Hall–Kier alpha value is -3.35. The van der Waals surface area contributed by atoms with Crippen molar-refractivity contribution < 1.29 is 14.3 Å². The summed E-state index contributed by atoms with van der Waals surface area (Å²) < 4.78 is 12.8. The normalized spacial score (nSPS) is 13.3. The second kappa shape index (κ2) is 8.12. The lowest BCUT2D eigenvalue weighted by molar-refractivity contribution is -0.121. The highest BCUT2D eigenvalue weighted by molar-refractivity contribution is 5.77. The second-order valence-electron chi connectivity index (χ2n) is 6.74. The highest BCUT2D eigenvalue weighted by Crippen LogP contribution is 2.37. The minimum Gasteiger partial charge on any atom is -0.454 e. The SMILES string of the molecule is Cn1cnnc1CCNC(=O)CC(c1ccccc1)c1ccc2c(c1)OCO2. The minimum absolute atomic E-state index is 0.00584. The average molecular weight is 378 g/mol. The van der Waals surface area contributed by atoms with Gasteiger partial charge >= 0.3 is 0 Å². The molecule has 1 N–H and O–H groups in total. The van der Waals surface area contributed by atoms with Gasteiger partial charge in [-0.2, -0.15) is 0 Å². The third-order valence-electron chi connectivity index (χ3n) is 4.87. The Bertz CT molecular complexity index is 955. The second-order valence-corrected chi connectivity index (χ2v) is 6.74. The number of aryl methyl sites for hydroxylation is 1. The maximum absolute atomic E-state index is 12.6. The lowest BCUT2D eigenvalue weighted by atomic mass is 9.88. The minimum atomic E-state index is -0.0643. The molecular formula is C21H22N4O3. The number of hydrogen-bond donors (Lipinski definition) is 1. The molecule has 0 saturated carbocycles. The molecule has 1 amide bonds. The Morgan fingerprint density at radius 2 is 1.96 bits per heavy atom. The number of nitrogens with one attached hydrogen (secondary N) is 1. The van der Waals surface area contributed by atoms with Gasteiger partial charge in [0.15, 0.2) is 11.5 Å². The number of carbonyl (C=O) groups is 1. The van der Waals surface area contributed by atoms with Crippen LogP contribution in [0, 0.1) is 0 Å². The summed E-state index contributed by atoms with van der Waals surface area (Å²) in [4.78, 5) is 12.6. The fourth-order valence-electron chi connectivity index (χ4n) is 3.35. The quantitative estimate of drug-likeness (QED) is 0.683. The van der Waals surface area contributed by atoms with Crippen molar-refractivity contribution in [2.75, 3.05) is 13.3 Å². The summed E-state index contributed by atoms with van der Waals surface area (Å²) in [6.45, 7) is 0.755. The summed E-state index contributed by atoms with van der Waals surface area (Å²) in [6, 6.07) is 15.9. The number of aromatic nitrogens is 3. The number of amides is 1. The van der Waals surface area contributed by atoms with Gasteiger partial charge in [0.2, 0.25) is 12.7 Å². The molecular weight excluding hydrogens is 356 g/mol. The van der Waals surface area contributed by atoms with E-state index in [4.69, 9.17) is 9.47 Å². The Labute approximate surface area is 163 Å². The molecule has 0 spiro atoms. The molecule has 1 aliphatic rings. The molecule has 1 atom stereocenters. The molecule has 7 heteroatoms. The molecule has 0 saturated heterocycles. The van der Waals surface area contributed by atoms with Crippen LogP contribution in [0.2, 0.25) is 0 Å². The largest absolute Gasteiger partial charge is 0.454 e. The third-order valence-corrected chi connectivity index (χ3v) is 4.87. The van der Waals surface area contributed by atoms with Crippen LogP contribution in [0.1, 0.15) is 29.3 Å². The van der Waals surface area contributed by atoms with Crippen molar-refractivity contribution in [2.24, 2.45) is 7.05 Å². The van der Waals surface area contributed by atoms with Crippen molar-refractivity contribution in [3.05, 3.63) is 71.8 Å². The Morgan fingerprint density at radius 1 is 1.14 bits per heavy atom. The smallest absolute Gasteiger partial charge is 0.231 e. The van der Waals surface area contributed by atoms with Crippen LogP contribution in [0.3, 0.4) is 0 Å². The molecule has 2 aromatic carbocycles. The summed E-state index contributed by atoms with van der Waals surface area (Å²) in [7, 11) is 1.89. The molecule has 0 bridgehead atoms. The molecule has 2 heterocycles. The molecule has 28 heavy (non-hydrogen) atoms. The number of ether oxygens (including phenoxy) is 2. The average Bonchev–Trinajstić information content (AvgIpc) is 3.35. The Balaban J connectivity index is 1.46. The summed E-state index contributed by atoms with van der Waals surface area (Å²) in [5.41, 5.74) is 2.11. The van der Waals surface area contributed by atoms with Crippen molar-refractivity contribution >= 4 is 5.91 Å². The van der Waals surface area contributed by atoms with E-state index in [1.54, 1.807) is 6.33 Å². The molecule has 0 aliphatic carbocycles. The number of rotatable bonds is 7. The van der Waals surface area contributed by atoms with E-state index in [2.05, 4.69) is 15.5 Å². The van der Waals surface area contributed by atoms with Gasteiger partial charge in [-0.3, -0.25) is 4.79 Å². The van der Waals surface area contributed by atoms with Gasteiger partial charge in [-0.1, -0.05) is 36.4 Å². The van der Waals surface area contributed by atoms with Crippen LogP contribution in [0.25, 0.3) is 0 Å². The van der Waals surface area contributed by atoms with Crippen molar-refractivity contribution in [1.29, 1.82) is 0 Å². The number of fused-ring (bicyclic) bond motifs is 1. The highest BCUT2D eigenvalue weighted by atomic mass is 16.7. The molecule has 3 aromatic rings. The van der Waals surface area contributed by atoms with Crippen molar-refractivity contribution in [1.82, 2.24) is 20.1 Å². The first-order valence-corrected chi connectivity index (χ1v) is 9.25. The number of carbonyl (C=O) groups excluding carboxylic acids is 1. The lowest BCUT2D eigenvalue weighted by Crippen LogP contribution is -2.28. The van der Waals surface area contributed by atoms with E-state index in [1.165, 1.54) is 0 Å². The van der Waals surface area contributed by atoms with Crippen LogP contribution >= 0.6 is 0 Å². The first-order chi connectivity index (χ1) is 13.7. The Morgan fingerprint density at radius 3 is 2.75 bits per heavy atom. The zero-order valence-corrected chi connectivity index (χ0v) is 15.7. The van der Waals surface area contributed by atoms with Gasteiger partial charge in [-0.05, 0) is 23.3 Å². The van der Waals surface area contributed by atoms with Crippen LogP contribution < -0.4 is 14.8 Å². The molecule has 4 rings (SSSR count).